The lowest BCUT2D eigenvalue weighted by Gasteiger charge is -2.16. The minimum atomic E-state index is -3.43. The first kappa shape index (κ1) is 25.6. The third kappa shape index (κ3) is 8.41. The number of esters is 1. The lowest BCUT2D eigenvalue weighted by atomic mass is 10.1. The van der Waals surface area contributed by atoms with Gasteiger partial charge in [0.15, 0.2) is 6.10 Å². The van der Waals surface area contributed by atoms with Gasteiger partial charge in [-0.15, -0.1) is 0 Å². The Balaban J connectivity index is 1.88. The number of benzene rings is 2. The normalized spacial score (nSPS) is 13.1. The number of hydrogen-bond donors (Lipinski definition) is 2. The van der Waals surface area contributed by atoms with Gasteiger partial charge < -0.3 is 14.8 Å². The van der Waals surface area contributed by atoms with Crippen LogP contribution < -0.4 is 14.8 Å². The third-order valence-corrected chi connectivity index (χ3v) is 5.00. The first-order valence-electron chi connectivity index (χ1n) is 9.93. The molecule has 0 aliphatic heterocycles. The molecule has 0 heterocycles. The number of hydrogen-bond acceptors (Lipinski definition) is 7. The number of nitrogens with one attached hydrogen (secondary N) is 2. The first-order chi connectivity index (χ1) is 15.5. The van der Waals surface area contributed by atoms with E-state index in [2.05, 4.69) is 10.0 Å². The number of carbonyl (C=O) groups excluding carboxylic acids is 3. The van der Waals surface area contributed by atoms with Gasteiger partial charge in [-0.3, -0.25) is 14.3 Å². The number of ether oxygens (including phenoxy) is 2. The maximum absolute atomic E-state index is 12.5. The second kappa shape index (κ2) is 11.3. The summed E-state index contributed by atoms with van der Waals surface area (Å²) in [7, 11) is -1.88. The maximum atomic E-state index is 12.5. The summed E-state index contributed by atoms with van der Waals surface area (Å²) < 4.78 is 35.0. The summed E-state index contributed by atoms with van der Waals surface area (Å²) in [6.45, 7) is 2.87. The van der Waals surface area contributed by atoms with Crippen molar-refractivity contribution in [3.05, 3.63) is 65.7 Å². The van der Waals surface area contributed by atoms with E-state index in [1.807, 2.05) is 0 Å². The van der Waals surface area contributed by atoms with E-state index in [4.69, 9.17) is 9.47 Å². The zero-order valence-corrected chi connectivity index (χ0v) is 19.5. The molecule has 0 aliphatic rings. The molecule has 0 aliphatic carbocycles. The molecular weight excluding hydrogens is 448 g/mol. The maximum Gasteiger partial charge on any atom is 0.329 e. The number of sulfonamides is 1. The Morgan fingerprint density at radius 3 is 2.12 bits per heavy atom. The van der Waals surface area contributed by atoms with Gasteiger partial charge in [-0.25, -0.2) is 13.2 Å². The van der Waals surface area contributed by atoms with Gasteiger partial charge in [-0.05, 0) is 61.9 Å². The van der Waals surface area contributed by atoms with Crippen molar-refractivity contribution in [1.29, 1.82) is 0 Å². The molecule has 0 aromatic heterocycles. The van der Waals surface area contributed by atoms with Crippen LogP contribution >= 0.6 is 0 Å². The number of ketones is 1. The van der Waals surface area contributed by atoms with Crippen LogP contribution in [0.3, 0.4) is 0 Å². The Hall–Kier alpha value is -3.66. The van der Waals surface area contributed by atoms with Gasteiger partial charge in [0.1, 0.15) is 11.8 Å². The van der Waals surface area contributed by atoms with Gasteiger partial charge >= 0.3 is 5.97 Å². The van der Waals surface area contributed by atoms with Crippen LogP contribution in [0.15, 0.2) is 54.6 Å². The first-order valence-corrected chi connectivity index (χ1v) is 11.8. The average molecular weight is 475 g/mol. The van der Waals surface area contributed by atoms with Gasteiger partial charge in [0.2, 0.25) is 21.7 Å². The van der Waals surface area contributed by atoms with E-state index in [-0.39, 0.29) is 5.56 Å². The molecule has 2 aromatic carbocycles. The van der Waals surface area contributed by atoms with E-state index in [1.165, 1.54) is 44.2 Å². The van der Waals surface area contributed by atoms with Crippen molar-refractivity contribution in [3.8, 4) is 5.75 Å². The molecule has 0 bridgehead atoms. The molecule has 9 nitrogen and oxygen atoms in total. The third-order valence-electron chi connectivity index (χ3n) is 4.39. The van der Waals surface area contributed by atoms with Crippen molar-refractivity contribution in [3.63, 3.8) is 0 Å². The highest BCUT2D eigenvalue weighted by Gasteiger charge is 2.23. The second-order valence-electron chi connectivity index (χ2n) is 7.23. The number of methoxy groups -OCH3 is 1. The number of rotatable bonds is 10. The summed E-state index contributed by atoms with van der Waals surface area (Å²) in [6.07, 6.45) is 2.79. The van der Waals surface area contributed by atoms with Crippen LogP contribution in [0.25, 0.3) is 6.08 Å². The van der Waals surface area contributed by atoms with E-state index in [1.54, 1.807) is 37.5 Å². The Morgan fingerprint density at radius 2 is 1.58 bits per heavy atom. The zero-order chi connectivity index (χ0) is 24.6. The fourth-order valence-electron chi connectivity index (χ4n) is 2.69. The van der Waals surface area contributed by atoms with Crippen molar-refractivity contribution in [2.45, 2.75) is 26.0 Å². The minimum Gasteiger partial charge on any atom is -0.497 e. The molecule has 0 saturated heterocycles. The molecule has 0 radical (unpaired) electrons. The predicted molar refractivity (Wildman–Crippen MR) is 124 cm³/mol. The van der Waals surface area contributed by atoms with Gasteiger partial charge in [0.25, 0.3) is 0 Å². The fourth-order valence-corrected chi connectivity index (χ4v) is 3.25. The molecular formula is C23H26N2O7S. The van der Waals surface area contributed by atoms with E-state index >= 15 is 0 Å². The monoisotopic (exact) mass is 474 g/mol. The average Bonchev–Trinajstić information content (AvgIpc) is 2.76. The highest BCUT2D eigenvalue weighted by molar-refractivity contribution is 7.92. The Labute approximate surface area is 192 Å². The van der Waals surface area contributed by atoms with Crippen LogP contribution in [-0.2, 0) is 24.3 Å². The van der Waals surface area contributed by atoms with Gasteiger partial charge in [-0.1, -0.05) is 12.1 Å². The molecule has 1 amide bonds. The summed E-state index contributed by atoms with van der Waals surface area (Å²) >= 11 is 0. The molecule has 0 saturated carbocycles. The Bertz CT molecular complexity index is 1120. The highest BCUT2D eigenvalue weighted by Crippen LogP contribution is 2.14. The SMILES string of the molecule is COc1ccc(/C=C/C(=O)NC(C)C(=O)OC(C)C(=O)c2ccc(NS(C)(=O)=O)cc2)cc1. The van der Waals surface area contributed by atoms with Crippen LogP contribution in [0.2, 0.25) is 0 Å². The van der Waals surface area contributed by atoms with E-state index in [0.29, 0.717) is 11.4 Å². The van der Waals surface area contributed by atoms with E-state index < -0.39 is 39.8 Å². The fraction of sp³-hybridized carbons (Fsp3) is 0.261. The zero-order valence-electron chi connectivity index (χ0n) is 18.7. The smallest absolute Gasteiger partial charge is 0.329 e. The van der Waals surface area contributed by atoms with Crippen LogP contribution in [0.5, 0.6) is 5.75 Å². The number of carbonyl (C=O) groups is 3. The molecule has 33 heavy (non-hydrogen) atoms. The molecule has 2 aromatic rings. The molecule has 0 fully saturated rings. The summed E-state index contributed by atoms with van der Waals surface area (Å²) in [5, 5.41) is 2.48. The van der Waals surface area contributed by atoms with Crippen molar-refractivity contribution >= 4 is 39.4 Å². The van der Waals surface area contributed by atoms with Crippen LogP contribution in [0, 0.1) is 0 Å². The van der Waals surface area contributed by atoms with Crippen molar-refractivity contribution < 1.29 is 32.3 Å². The molecule has 176 valence electrons. The molecule has 2 rings (SSSR count). The largest absolute Gasteiger partial charge is 0.497 e. The van der Waals surface area contributed by atoms with Crippen molar-refractivity contribution in [1.82, 2.24) is 5.32 Å². The predicted octanol–water partition coefficient (Wildman–Crippen LogP) is 2.40. The minimum absolute atomic E-state index is 0.244. The van der Waals surface area contributed by atoms with Crippen molar-refractivity contribution in [2.24, 2.45) is 0 Å². The van der Waals surface area contributed by atoms with Crippen molar-refractivity contribution in [2.75, 3.05) is 18.1 Å². The Kier molecular flexibility index (Phi) is 8.75. The molecule has 2 atom stereocenters. The lowest BCUT2D eigenvalue weighted by molar-refractivity contribution is -0.149. The molecule has 0 spiro atoms. The van der Waals surface area contributed by atoms with Crippen LogP contribution in [0.1, 0.15) is 29.8 Å². The quantitative estimate of drug-likeness (QED) is 0.307. The topological polar surface area (TPSA) is 128 Å². The van der Waals surface area contributed by atoms with Gasteiger partial charge in [0, 0.05) is 17.3 Å². The number of amides is 1. The number of Topliss-reactive ketones (excluding diaryl/α,β-unsaturated/α-hetero) is 1. The van der Waals surface area contributed by atoms with Crippen LogP contribution in [-0.4, -0.2) is 51.6 Å². The van der Waals surface area contributed by atoms with Gasteiger partial charge in [0.05, 0.1) is 13.4 Å². The summed E-state index contributed by atoms with van der Waals surface area (Å²) in [5.41, 5.74) is 1.32. The lowest BCUT2D eigenvalue weighted by Crippen LogP contribution is -2.41. The number of anilines is 1. The standard InChI is InChI=1S/C23H26N2O7S/c1-15(24-21(26)14-7-17-5-12-20(31-3)13-6-17)23(28)32-16(2)22(27)18-8-10-19(11-9-18)25-33(4,29)30/h5-16,25H,1-4H3,(H,24,26)/b14-7+. The van der Waals surface area contributed by atoms with Gasteiger partial charge in [-0.2, -0.15) is 0 Å². The highest BCUT2D eigenvalue weighted by atomic mass is 32.2. The summed E-state index contributed by atoms with van der Waals surface area (Å²) in [4.78, 5) is 36.9. The summed E-state index contributed by atoms with van der Waals surface area (Å²) in [6, 6.07) is 11.8. The Morgan fingerprint density at radius 1 is 0.970 bits per heavy atom. The molecule has 2 unspecified atom stereocenters. The van der Waals surface area contributed by atoms with E-state index in [0.717, 1.165) is 11.8 Å². The van der Waals surface area contributed by atoms with E-state index in [9.17, 15) is 22.8 Å². The summed E-state index contributed by atoms with van der Waals surface area (Å²) in [5.74, 6) is -1.04. The molecule has 10 heteroatoms. The van der Waals surface area contributed by atoms with Crippen LogP contribution in [0.4, 0.5) is 5.69 Å². The second-order valence-corrected chi connectivity index (χ2v) is 8.98. The molecule has 2 N–H and O–H groups in total.